The van der Waals surface area contributed by atoms with Gasteiger partial charge in [0.2, 0.25) is 0 Å². The number of ether oxygens (including phenoxy) is 1. The summed E-state index contributed by atoms with van der Waals surface area (Å²) < 4.78 is 7.73. The average Bonchev–Trinajstić information content (AvgIpc) is 3.01. The second-order valence-corrected chi connectivity index (χ2v) is 6.48. The largest absolute Gasteiger partial charge is 0.491 e. The lowest BCUT2D eigenvalue weighted by Crippen LogP contribution is -2.21. The van der Waals surface area contributed by atoms with Crippen molar-refractivity contribution in [1.29, 1.82) is 0 Å². The first-order valence-corrected chi connectivity index (χ1v) is 8.62. The SMILES string of the molecule is C=CCc1ccccc1OCC(O)CSc1nncn1C(C)C. The molecule has 0 saturated carbocycles. The molecule has 1 heterocycles. The molecule has 2 aromatic rings. The first kappa shape index (κ1) is 17.6. The van der Waals surface area contributed by atoms with E-state index in [1.165, 1.54) is 11.8 Å². The maximum Gasteiger partial charge on any atom is 0.191 e. The molecule has 6 heteroatoms. The van der Waals surface area contributed by atoms with Gasteiger partial charge in [-0.2, -0.15) is 0 Å². The minimum atomic E-state index is -0.575. The predicted molar refractivity (Wildman–Crippen MR) is 93.0 cm³/mol. The van der Waals surface area contributed by atoms with Crippen LogP contribution in [0.5, 0.6) is 5.75 Å². The van der Waals surface area contributed by atoms with E-state index in [2.05, 4.69) is 30.6 Å². The highest BCUT2D eigenvalue weighted by atomic mass is 32.2. The molecule has 0 aliphatic heterocycles. The minimum absolute atomic E-state index is 0.247. The summed E-state index contributed by atoms with van der Waals surface area (Å²) in [5.41, 5.74) is 1.07. The molecular formula is C17H23N3O2S. The summed E-state index contributed by atoms with van der Waals surface area (Å²) in [6.45, 7) is 8.14. The van der Waals surface area contributed by atoms with Crippen LogP contribution in [0.4, 0.5) is 0 Å². The van der Waals surface area contributed by atoms with Gasteiger partial charge in [0.15, 0.2) is 5.16 Å². The molecule has 2 rings (SSSR count). The summed E-state index contributed by atoms with van der Waals surface area (Å²) in [5.74, 6) is 1.30. The molecule has 0 amide bonds. The highest BCUT2D eigenvalue weighted by Gasteiger charge is 2.12. The maximum atomic E-state index is 10.1. The van der Waals surface area contributed by atoms with Gasteiger partial charge >= 0.3 is 0 Å². The lowest BCUT2D eigenvalue weighted by Gasteiger charge is -2.15. The second-order valence-electron chi connectivity index (χ2n) is 5.49. The molecule has 0 aliphatic rings. The summed E-state index contributed by atoms with van der Waals surface area (Å²) in [6, 6.07) is 8.11. The fraction of sp³-hybridized carbons (Fsp3) is 0.412. The number of hydrogen-bond acceptors (Lipinski definition) is 5. The van der Waals surface area contributed by atoms with E-state index >= 15 is 0 Å². The van der Waals surface area contributed by atoms with Gasteiger partial charge < -0.3 is 14.4 Å². The Hall–Kier alpha value is -1.79. The summed E-state index contributed by atoms with van der Waals surface area (Å²) in [7, 11) is 0. The van der Waals surface area contributed by atoms with E-state index in [0.717, 1.165) is 22.9 Å². The molecule has 23 heavy (non-hydrogen) atoms. The summed E-state index contributed by atoms with van der Waals surface area (Å²) in [5, 5.41) is 18.9. The Morgan fingerprint density at radius 2 is 2.17 bits per heavy atom. The van der Waals surface area contributed by atoms with Gasteiger partial charge in [0, 0.05) is 11.8 Å². The molecule has 1 aromatic carbocycles. The van der Waals surface area contributed by atoms with Crippen LogP contribution in [0.25, 0.3) is 0 Å². The third-order valence-electron chi connectivity index (χ3n) is 3.27. The molecular weight excluding hydrogens is 310 g/mol. The molecule has 1 atom stereocenters. The number of nitrogens with zero attached hydrogens (tertiary/aromatic N) is 3. The van der Waals surface area contributed by atoms with Crippen molar-refractivity contribution >= 4 is 11.8 Å². The molecule has 1 aromatic heterocycles. The topological polar surface area (TPSA) is 60.2 Å². The van der Waals surface area contributed by atoms with Crippen molar-refractivity contribution in [3.63, 3.8) is 0 Å². The highest BCUT2D eigenvalue weighted by Crippen LogP contribution is 2.21. The number of para-hydroxylation sites is 1. The maximum absolute atomic E-state index is 10.1. The molecule has 0 spiro atoms. The lowest BCUT2D eigenvalue weighted by atomic mass is 10.1. The van der Waals surface area contributed by atoms with Gasteiger partial charge in [-0.25, -0.2) is 0 Å². The Morgan fingerprint density at radius 1 is 1.39 bits per heavy atom. The van der Waals surface area contributed by atoms with E-state index in [1.54, 1.807) is 6.33 Å². The van der Waals surface area contributed by atoms with E-state index < -0.39 is 6.10 Å². The highest BCUT2D eigenvalue weighted by molar-refractivity contribution is 7.99. The number of thioether (sulfide) groups is 1. The Kier molecular flexibility index (Phi) is 6.67. The lowest BCUT2D eigenvalue weighted by molar-refractivity contribution is 0.126. The van der Waals surface area contributed by atoms with Crippen molar-refractivity contribution in [3.8, 4) is 5.75 Å². The summed E-state index contributed by atoms with van der Waals surface area (Å²) in [4.78, 5) is 0. The normalized spacial score (nSPS) is 12.3. The Labute approximate surface area is 141 Å². The molecule has 1 N–H and O–H groups in total. The van der Waals surface area contributed by atoms with Crippen molar-refractivity contribution in [2.45, 2.75) is 37.6 Å². The van der Waals surface area contributed by atoms with Crippen molar-refractivity contribution < 1.29 is 9.84 Å². The van der Waals surface area contributed by atoms with E-state index in [9.17, 15) is 5.11 Å². The molecule has 0 bridgehead atoms. The van der Waals surface area contributed by atoms with Crippen LogP contribution >= 0.6 is 11.8 Å². The first-order chi connectivity index (χ1) is 11.1. The summed E-state index contributed by atoms with van der Waals surface area (Å²) in [6.07, 6.45) is 3.72. The van der Waals surface area contributed by atoms with Gasteiger partial charge in [0.05, 0.1) is 6.10 Å². The van der Waals surface area contributed by atoms with Crippen molar-refractivity contribution in [2.24, 2.45) is 0 Å². The van der Waals surface area contributed by atoms with Crippen LogP contribution in [-0.4, -0.2) is 38.3 Å². The zero-order chi connectivity index (χ0) is 16.7. The van der Waals surface area contributed by atoms with Crippen LogP contribution in [0.3, 0.4) is 0 Å². The van der Waals surface area contributed by atoms with Crippen LogP contribution < -0.4 is 4.74 Å². The predicted octanol–water partition coefficient (Wildman–Crippen LogP) is 3.12. The third kappa shape index (κ3) is 5.11. The quantitative estimate of drug-likeness (QED) is 0.564. The average molecular weight is 333 g/mol. The number of aromatic nitrogens is 3. The summed E-state index contributed by atoms with van der Waals surface area (Å²) >= 11 is 1.48. The van der Waals surface area contributed by atoms with E-state index in [1.807, 2.05) is 34.9 Å². The van der Waals surface area contributed by atoms with Crippen molar-refractivity contribution in [2.75, 3.05) is 12.4 Å². The van der Waals surface area contributed by atoms with Gasteiger partial charge in [-0.3, -0.25) is 0 Å². The monoisotopic (exact) mass is 333 g/mol. The van der Waals surface area contributed by atoms with E-state index in [-0.39, 0.29) is 6.61 Å². The fourth-order valence-electron chi connectivity index (χ4n) is 2.06. The van der Waals surface area contributed by atoms with Crippen LogP contribution in [0.15, 0.2) is 48.4 Å². The molecule has 0 aliphatic carbocycles. The van der Waals surface area contributed by atoms with E-state index in [0.29, 0.717) is 11.8 Å². The Bertz CT molecular complexity index is 628. The van der Waals surface area contributed by atoms with Crippen LogP contribution in [0, 0.1) is 0 Å². The molecule has 0 saturated heterocycles. The van der Waals surface area contributed by atoms with Gasteiger partial charge in [-0.15, -0.1) is 16.8 Å². The smallest absolute Gasteiger partial charge is 0.191 e. The number of benzene rings is 1. The van der Waals surface area contributed by atoms with Crippen molar-refractivity contribution in [3.05, 3.63) is 48.8 Å². The number of rotatable bonds is 9. The number of hydrogen-bond donors (Lipinski definition) is 1. The standard InChI is InChI=1S/C17H23N3O2S/c1-4-7-14-8-5-6-9-16(14)22-10-15(21)11-23-17-19-18-12-20(17)13(2)3/h4-6,8-9,12-13,15,21H,1,7,10-11H2,2-3H3. The van der Waals surface area contributed by atoms with Gasteiger partial charge in [0.25, 0.3) is 0 Å². The molecule has 5 nitrogen and oxygen atoms in total. The number of allylic oxidation sites excluding steroid dienone is 1. The second kappa shape index (κ2) is 8.74. The van der Waals surface area contributed by atoms with Crippen LogP contribution in [-0.2, 0) is 6.42 Å². The van der Waals surface area contributed by atoms with Gasteiger partial charge in [0.1, 0.15) is 18.7 Å². The molecule has 124 valence electrons. The fourth-order valence-corrected chi connectivity index (χ4v) is 3.01. The van der Waals surface area contributed by atoms with E-state index in [4.69, 9.17) is 4.74 Å². The molecule has 1 unspecified atom stereocenters. The number of aliphatic hydroxyl groups excluding tert-OH is 1. The van der Waals surface area contributed by atoms with Gasteiger partial charge in [-0.05, 0) is 31.9 Å². The zero-order valence-electron chi connectivity index (χ0n) is 13.6. The van der Waals surface area contributed by atoms with Crippen LogP contribution in [0.1, 0.15) is 25.5 Å². The van der Waals surface area contributed by atoms with Gasteiger partial charge in [-0.1, -0.05) is 36.0 Å². The van der Waals surface area contributed by atoms with Crippen LogP contribution in [0.2, 0.25) is 0 Å². The number of aliphatic hydroxyl groups is 1. The molecule has 0 radical (unpaired) electrons. The molecule has 0 fully saturated rings. The Balaban J connectivity index is 1.85. The minimum Gasteiger partial charge on any atom is -0.491 e. The third-order valence-corrected chi connectivity index (χ3v) is 4.37. The van der Waals surface area contributed by atoms with Crippen molar-refractivity contribution in [1.82, 2.24) is 14.8 Å². The zero-order valence-corrected chi connectivity index (χ0v) is 14.4. The first-order valence-electron chi connectivity index (χ1n) is 7.63. The Morgan fingerprint density at radius 3 is 2.91 bits per heavy atom.